The summed E-state index contributed by atoms with van der Waals surface area (Å²) in [5.41, 5.74) is 2.86. The molecule has 1 aliphatic carbocycles. The van der Waals surface area contributed by atoms with E-state index in [1.165, 1.54) is 0 Å². The van der Waals surface area contributed by atoms with Gasteiger partial charge >= 0.3 is 0 Å². The molecule has 2 nitrogen and oxygen atoms in total. The Balaban J connectivity index is 2.03. The van der Waals surface area contributed by atoms with Crippen molar-refractivity contribution in [3.8, 4) is 0 Å². The van der Waals surface area contributed by atoms with Crippen molar-refractivity contribution in [2.45, 2.75) is 26.9 Å². The molecule has 0 aromatic heterocycles. The van der Waals surface area contributed by atoms with Gasteiger partial charge in [0.05, 0.1) is 0 Å². The van der Waals surface area contributed by atoms with Gasteiger partial charge in [0, 0.05) is 12.0 Å². The maximum absolute atomic E-state index is 12.0. The molecule has 108 valence electrons. The van der Waals surface area contributed by atoms with Crippen LogP contribution in [0.1, 0.15) is 25.8 Å². The highest BCUT2D eigenvalue weighted by Gasteiger charge is 2.11. The van der Waals surface area contributed by atoms with Crippen molar-refractivity contribution in [3.05, 3.63) is 83.2 Å². The van der Waals surface area contributed by atoms with Crippen LogP contribution >= 0.6 is 0 Å². The molecule has 0 heterocycles. The maximum atomic E-state index is 12.0. The minimum absolute atomic E-state index is 0.0453. The summed E-state index contributed by atoms with van der Waals surface area (Å²) in [6.07, 6.45) is 9.84. The van der Waals surface area contributed by atoms with Gasteiger partial charge in [0.25, 0.3) is 0 Å². The van der Waals surface area contributed by atoms with E-state index >= 15 is 0 Å². The van der Waals surface area contributed by atoms with Crippen LogP contribution in [0.3, 0.4) is 0 Å². The highest BCUT2D eigenvalue weighted by molar-refractivity contribution is 6.07. The first kappa shape index (κ1) is 15.0. The molecule has 0 saturated heterocycles. The Kier molecular flexibility index (Phi) is 5.33. The molecule has 0 atom stereocenters. The van der Waals surface area contributed by atoms with Gasteiger partial charge in [-0.15, -0.1) is 0 Å². The van der Waals surface area contributed by atoms with Crippen molar-refractivity contribution >= 4 is 5.78 Å². The van der Waals surface area contributed by atoms with Crippen LogP contribution in [0.2, 0.25) is 0 Å². The van der Waals surface area contributed by atoms with E-state index < -0.39 is 0 Å². The third kappa shape index (κ3) is 4.32. The third-order valence-corrected chi connectivity index (χ3v) is 3.30. The summed E-state index contributed by atoms with van der Waals surface area (Å²) in [5.74, 6) is 0.922. The Morgan fingerprint density at radius 1 is 1.24 bits per heavy atom. The molecule has 0 fully saturated rings. The number of ether oxygens (including phenoxy) is 1. The van der Waals surface area contributed by atoms with Crippen LogP contribution < -0.4 is 0 Å². The predicted octanol–water partition coefficient (Wildman–Crippen LogP) is 4.51. The Bertz CT molecular complexity index is 616. The second kappa shape index (κ2) is 7.44. The van der Waals surface area contributed by atoms with Crippen LogP contribution in [-0.2, 0) is 16.1 Å². The second-order valence-corrected chi connectivity index (χ2v) is 4.94. The van der Waals surface area contributed by atoms with Gasteiger partial charge in [-0.1, -0.05) is 48.6 Å². The van der Waals surface area contributed by atoms with Gasteiger partial charge in [-0.25, -0.2) is 0 Å². The lowest BCUT2D eigenvalue weighted by molar-refractivity contribution is -0.111. The van der Waals surface area contributed by atoms with Crippen molar-refractivity contribution in [3.63, 3.8) is 0 Å². The number of allylic oxidation sites excluding steroid dienone is 7. The number of benzene rings is 1. The topological polar surface area (TPSA) is 26.3 Å². The molecule has 2 heteroatoms. The highest BCUT2D eigenvalue weighted by Crippen LogP contribution is 2.20. The van der Waals surface area contributed by atoms with Gasteiger partial charge in [0.2, 0.25) is 0 Å². The summed E-state index contributed by atoms with van der Waals surface area (Å²) in [7, 11) is 0. The summed E-state index contributed by atoms with van der Waals surface area (Å²) < 4.78 is 5.83. The van der Waals surface area contributed by atoms with Crippen molar-refractivity contribution in [2.75, 3.05) is 0 Å². The molecule has 0 aliphatic heterocycles. The van der Waals surface area contributed by atoms with E-state index in [1.54, 1.807) is 12.2 Å². The van der Waals surface area contributed by atoms with Gasteiger partial charge in [0.15, 0.2) is 5.78 Å². The second-order valence-electron chi connectivity index (χ2n) is 4.94. The number of ketones is 1. The van der Waals surface area contributed by atoms with Gasteiger partial charge in [-0.3, -0.25) is 4.79 Å². The maximum Gasteiger partial charge on any atom is 0.185 e. The third-order valence-electron chi connectivity index (χ3n) is 3.30. The summed E-state index contributed by atoms with van der Waals surface area (Å²) >= 11 is 0. The minimum Gasteiger partial charge on any atom is -0.493 e. The van der Waals surface area contributed by atoms with Crippen molar-refractivity contribution < 1.29 is 9.53 Å². The average Bonchev–Trinajstić information content (AvgIpc) is 2.68. The molecule has 2 rings (SSSR count). The lowest BCUT2D eigenvalue weighted by Gasteiger charge is -2.08. The van der Waals surface area contributed by atoms with E-state index in [2.05, 4.69) is 0 Å². The van der Waals surface area contributed by atoms with Crippen LogP contribution in [0.25, 0.3) is 0 Å². The van der Waals surface area contributed by atoms with Crippen molar-refractivity contribution in [1.29, 1.82) is 0 Å². The molecular formula is C19H20O2. The number of carbonyl (C=O) groups is 1. The molecule has 0 N–H and O–H groups in total. The summed E-state index contributed by atoms with van der Waals surface area (Å²) in [6, 6.07) is 10.1. The Hall–Kier alpha value is -2.35. The van der Waals surface area contributed by atoms with E-state index in [0.717, 1.165) is 22.5 Å². The average molecular weight is 280 g/mol. The van der Waals surface area contributed by atoms with E-state index in [9.17, 15) is 4.79 Å². The van der Waals surface area contributed by atoms with Gasteiger partial charge < -0.3 is 4.74 Å². The lowest BCUT2D eigenvalue weighted by atomic mass is 10.0. The van der Waals surface area contributed by atoms with Gasteiger partial charge in [-0.2, -0.15) is 0 Å². The molecule has 0 saturated carbocycles. The molecule has 1 aliphatic rings. The Labute approximate surface area is 126 Å². The minimum atomic E-state index is 0.0453. The standard InChI is InChI=1S/C19H20O2/c1-3-7-19(20)18-13-12-17(11-10-15(18)2)21-14-16-8-5-4-6-9-16/h3-11,13H,12,14H2,1-2H3/b7-3-. The molecule has 0 spiro atoms. The van der Waals surface area contributed by atoms with Crippen LogP contribution in [0.4, 0.5) is 0 Å². The molecule has 0 radical (unpaired) electrons. The lowest BCUT2D eigenvalue weighted by Crippen LogP contribution is -1.99. The summed E-state index contributed by atoms with van der Waals surface area (Å²) in [6.45, 7) is 4.34. The first-order valence-corrected chi connectivity index (χ1v) is 7.12. The summed E-state index contributed by atoms with van der Waals surface area (Å²) in [4.78, 5) is 12.0. The van der Waals surface area contributed by atoms with Crippen LogP contribution in [0.15, 0.2) is 77.6 Å². The number of hydrogen-bond donors (Lipinski definition) is 0. The zero-order chi connectivity index (χ0) is 15.1. The Morgan fingerprint density at radius 2 is 2.00 bits per heavy atom. The largest absolute Gasteiger partial charge is 0.493 e. The van der Waals surface area contributed by atoms with Crippen molar-refractivity contribution in [1.82, 2.24) is 0 Å². The monoisotopic (exact) mass is 280 g/mol. The van der Waals surface area contributed by atoms with Crippen molar-refractivity contribution in [2.24, 2.45) is 0 Å². The molecule has 0 bridgehead atoms. The zero-order valence-electron chi connectivity index (χ0n) is 12.5. The normalized spacial score (nSPS) is 15.0. The Morgan fingerprint density at radius 3 is 2.71 bits per heavy atom. The SMILES string of the molecule is C/C=C\C(=O)C1=CCC(OCc2ccccc2)=CC=C1C. The number of hydrogen-bond acceptors (Lipinski definition) is 2. The van der Waals surface area contributed by atoms with E-state index in [1.807, 2.05) is 62.4 Å². The fourth-order valence-electron chi connectivity index (χ4n) is 2.13. The quantitative estimate of drug-likeness (QED) is 0.742. The molecule has 21 heavy (non-hydrogen) atoms. The first-order valence-electron chi connectivity index (χ1n) is 7.12. The van der Waals surface area contributed by atoms with Gasteiger partial charge in [-0.05, 0) is 37.1 Å². The van der Waals surface area contributed by atoms with Crippen LogP contribution in [-0.4, -0.2) is 5.78 Å². The van der Waals surface area contributed by atoms with Gasteiger partial charge in [0.1, 0.15) is 12.4 Å². The first-order chi connectivity index (χ1) is 10.2. The molecule has 0 amide bonds. The number of rotatable bonds is 5. The predicted molar refractivity (Wildman–Crippen MR) is 85.6 cm³/mol. The fraction of sp³-hybridized carbons (Fsp3) is 0.211. The number of carbonyl (C=O) groups excluding carboxylic acids is 1. The smallest absolute Gasteiger partial charge is 0.185 e. The molecule has 1 aromatic carbocycles. The van der Waals surface area contributed by atoms with E-state index in [-0.39, 0.29) is 5.78 Å². The molecule has 1 aromatic rings. The zero-order valence-corrected chi connectivity index (χ0v) is 12.5. The van der Waals surface area contributed by atoms with Crippen LogP contribution in [0, 0.1) is 0 Å². The molecular weight excluding hydrogens is 260 g/mol. The highest BCUT2D eigenvalue weighted by atomic mass is 16.5. The van der Waals surface area contributed by atoms with E-state index in [0.29, 0.717) is 13.0 Å². The summed E-state index contributed by atoms with van der Waals surface area (Å²) in [5, 5.41) is 0. The van der Waals surface area contributed by atoms with Crippen LogP contribution in [0.5, 0.6) is 0 Å². The fourth-order valence-corrected chi connectivity index (χ4v) is 2.13. The molecule has 0 unspecified atom stereocenters. The van der Waals surface area contributed by atoms with E-state index in [4.69, 9.17) is 4.74 Å².